The van der Waals surface area contributed by atoms with E-state index in [4.69, 9.17) is 16.6 Å². The van der Waals surface area contributed by atoms with Crippen molar-refractivity contribution < 1.29 is 4.79 Å². The zero-order chi connectivity index (χ0) is 16.9. The maximum atomic E-state index is 11.9. The lowest BCUT2D eigenvalue weighted by molar-refractivity contribution is -0.122. The van der Waals surface area contributed by atoms with Crippen molar-refractivity contribution in [1.82, 2.24) is 15.2 Å². The van der Waals surface area contributed by atoms with Gasteiger partial charge in [0.2, 0.25) is 5.91 Å². The molecule has 130 valence electrons. The Morgan fingerprint density at radius 2 is 2.21 bits per heavy atom. The fourth-order valence-electron chi connectivity index (χ4n) is 3.09. The monoisotopic (exact) mass is 365 g/mol. The van der Waals surface area contributed by atoms with Crippen LogP contribution in [-0.2, 0) is 4.79 Å². The van der Waals surface area contributed by atoms with Gasteiger partial charge in [0.1, 0.15) is 0 Å². The predicted octanol–water partition coefficient (Wildman–Crippen LogP) is 4.05. The molecule has 1 aromatic heterocycles. The molecule has 0 aliphatic carbocycles. The van der Waals surface area contributed by atoms with Crippen LogP contribution in [0.3, 0.4) is 0 Å². The summed E-state index contributed by atoms with van der Waals surface area (Å²) in [6, 6.07) is 5.91. The second-order valence-corrected chi connectivity index (χ2v) is 7.92. The third-order valence-electron chi connectivity index (χ3n) is 4.52. The Hall–Kier alpha value is -1.17. The minimum absolute atomic E-state index is 0.150. The Bertz CT molecular complexity index is 695. The summed E-state index contributed by atoms with van der Waals surface area (Å²) in [5.74, 6) is 0.650. The molecule has 0 atom stereocenters. The Kier molecular flexibility index (Phi) is 6.09. The van der Waals surface area contributed by atoms with Crippen molar-refractivity contribution in [1.29, 1.82) is 0 Å². The average Bonchev–Trinajstić information content (AvgIpc) is 2.99. The molecule has 1 aromatic carbocycles. The zero-order valence-electron chi connectivity index (χ0n) is 14.1. The fraction of sp³-hybridized carbons (Fsp3) is 0.556. The number of fused-ring (bicyclic) bond motifs is 1. The van der Waals surface area contributed by atoms with Crippen LogP contribution in [0.25, 0.3) is 10.2 Å². The molecule has 0 radical (unpaired) electrons. The van der Waals surface area contributed by atoms with Crippen LogP contribution in [0.2, 0.25) is 5.02 Å². The lowest BCUT2D eigenvalue weighted by Gasteiger charge is -2.30. The minimum atomic E-state index is 0.150. The molecule has 1 aliphatic heterocycles. The lowest BCUT2D eigenvalue weighted by Crippen LogP contribution is -2.41. The average molecular weight is 366 g/mol. The number of benzene rings is 1. The number of piperidine rings is 1. The van der Waals surface area contributed by atoms with E-state index in [2.05, 4.69) is 23.2 Å². The van der Waals surface area contributed by atoms with E-state index in [-0.39, 0.29) is 5.91 Å². The molecule has 3 rings (SSSR count). The van der Waals surface area contributed by atoms with Gasteiger partial charge in [0, 0.05) is 17.5 Å². The molecule has 1 fully saturated rings. The molecule has 1 amide bonds. The van der Waals surface area contributed by atoms with E-state index in [1.165, 1.54) is 9.71 Å². The first kappa shape index (κ1) is 17.6. The SMILES string of the molecule is CCCCNC(=O)CN1CCC(c2nc3cc(Cl)ccc3s2)CC1. The molecule has 0 unspecified atom stereocenters. The van der Waals surface area contributed by atoms with E-state index in [9.17, 15) is 4.79 Å². The van der Waals surface area contributed by atoms with Crippen molar-refractivity contribution in [2.24, 2.45) is 0 Å². The molecule has 6 heteroatoms. The number of amides is 1. The lowest BCUT2D eigenvalue weighted by atomic mass is 9.97. The molecule has 24 heavy (non-hydrogen) atoms. The third kappa shape index (κ3) is 4.47. The van der Waals surface area contributed by atoms with Gasteiger partial charge < -0.3 is 5.32 Å². The number of hydrogen-bond acceptors (Lipinski definition) is 4. The number of halogens is 1. The molecular weight excluding hydrogens is 342 g/mol. The van der Waals surface area contributed by atoms with E-state index < -0.39 is 0 Å². The van der Waals surface area contributed by atoms with Crippen LogP contribution in [0.1, 0.15) is 43.5 Å². The van der Waals surface area contributed by atoms with E-state index in [1.54, 1.807) is 11.3 Å². The van der Waals surface area contributed by atoms with E-state index in [0.29, 0.717) is 12.5 Å². The Labute approximate surface area is 152 Å². The van der Waals surface area contributed by atoms with Crippen LogP contribution in [0.5, 0.6) is 0 Å². The molecule has 0 saturated carbocycles. The molecule has 0 spiro atoms. The number of carbonyl (C=O) groups excluding carboxylic acids is 1. The highest BCUT2D eigenvalue weighted by Crippen LogP contribution is 2.34. The maximum Gasteiger partial charge on any atom is 0.234 e. The summed E-state index contributed by atoms with van der Waals surface area (Å²) in [5.41, 5.74) is 1.00. The fourth-order valence-corrected chi connectivity index (χ4v) is 4.38. The predicted molar refractivity (Wildman–Crippen MR) is 101 cm³/mol. The van der Waals surface area contributed by atoms with Gasteiger partial charge in [0.05, 0.1) is 21.8 Å². The van der Waals surface area contributed by atoms with Gasteiger partial charge in [0.15, 0.2) is 0 Å². The molecule has 2 heterocycles. The largest absolute Gasteiger partial charge is 0.355 e. The number of rotatable bonds is 6. The Balaban J connectivity index is 1.51. The first-order chi connectivity index (χ1) is 11.7. The van der Waals surface area contributed by atoms with Crippen molar-refractivity contribution in [2.45, 2.75) is 38.5 Å². The van der Waals surface area contributed by atoms with Crippen molar-refractivity contribution in [3.8, 4) is 0 Å². The van der Waals surface area contributed by atoms with Crippen LogP contribution in [0.4, 0.5) is 0 Å². The van der Waals surface area contributed by atoms with Crippen LogP contribution >= 0.6 is 22.9 Å². The summed E-state index contributed by atoms with van der Waals surface area (Å²) in [4.78, 5) is 18.9. The number of hydrogen-bond donors (Lipinski definition) is 1. The number of unbranched alkanes of at least 4 members (excludes halogenated alkanes) is 1. The third-order valence-corrected chi connectivity index (χ3v) is 5.96. The number of carbonyl (C=O) groups is 1. The van der Waals surface area contributed by atoms with Crippen molar-refractivity contribution in [2.75, 3.05) is 26.2 Å². The number of thiazole rings is 1. The second-order valence-electron chi connectivity index (χ2n) is 6.42. The van der Waals surface area contributed by atoms with Crippen LogP contribution in [-0.4, -0.2) is 42.0 Å². The topological polar surface area (TPSA) is 45.2 Å². The van der Waals surface area contributed by atoms with Gasteiger partial charge in [-0.3, -0.25) is 9.69 Å². The normalized spacial score (nSPS) is 16.6. The molecule has 1 N–H and O–H groups in total. The number of nitrogens with one attached hydrogen (secondary N) is 1. The standard InChI is InChI=1S/C18H24ClN3OS/c1-2-3-8-20-17(23)12-22-9-6-13(7-10-22)18-21-15-11-14(19)4-5-16(15)24-18/h4-5,11,13H,2-3,6-10,12H2,1H3,(H,20,23). The summed E-state index contributed by atoms with van der Waals surface area (Å²) < 4.78 is 1.20. The van der Waals surface area contributed by atoms with Crippen molar-refractivity contribution >= 4 is 39.1 Å². The molecule has 1 saturated heterocycles. The first-order valence-electron chi connectivity index (χ1n) is 8.70. The summed E-state index contributed by atoms with van der Waals surface area (Å²) in [6.45, 7) is 5.37. The number of likely N-dealkylation sites (tertiary alicyclic amines) is 1. The quantitative estimate of drug-likeness (QED) is 0.785. The first-order valence-corrected chi connectivity index (χ1v) is 9.90. The Morgan fingerprint density at radius 1 is 1.42 bits per heavy atom. The Morgan fingerprint density at radius 3 is 2.96 bits per heavy atom. The zero-order valence-corrected chi connectivity index (χ0v) is 15.6. The van der Waals surface area contributed by atoms with Gasteiger partial charge in [-0.2, -0.15) is 0 Å². The molecular formula is C18H24ClN3OS. The minimum Gasteiger partial charge on any atom is -0.355 e. The van der Waals surface area contributed by atoms with E-state index in [1.807, 2.05) is 12.1 Å². The van der Waals surface area contributed by atoms with Gasteiger partial charge in [-0.15, -0.1) is 11.3 Å². The van der Waals surface area contributed by atoms with Crippen LogP contribution < -0.4 is 5.32 Å². The molecule has 1 aliphatic rings. The summed E-state index contributed by atoms with van der Waals surface area (Å²) in [5, 5.41) is 4.94. The summed E-state index contributed by atoms with van der Waals surface area (Å²) >= 11 is 7.82. The van der Waals surface area contributed by atoms with Crippen LogP contribution in [0.15, 0.2) is 18.2 Å². The summed E-state index contributed by atoms with van der Waals surface area (Å²) in [6.07, 6.45) is 4.29. The van der Waals surface area contributed by atoms with Gasteiger partial charge >= 0.3 is 0 Å². The van der Waals surface area contributed by atoms with E-state index >= 15 is 0 Å². The highest BCUT2D eigenvalue weighted by atomic mass is 35.5. The molecule has 4 nitrogen and oxygen atoms in total. The van der Waals surface area contributed by atoms with Gasteiger partial charge in [-0.1, -0.05) is 24.9 Å². The smallest absolute Gasteiger partial charge is 0.234 e. The van der Waals surface area contributed by atoms with Gasteiger partial charge in [-0.25, -0.2) is 4.98 Å². The van der Waals surface area contributed by atoms with Gasteiger partial charge in [0.25, 0.3) is 0 Å². The maximum absolute atomic E-state index is 11.9. The molecule has 0 bridgehead atoms. The highest BCUT2D eigenvalue weighted by Gasteiger charge is 2.24. The number of aromatic nitrogens is 1. The summed E-state index contributed by atoms with van der Waals surface area (Å²) in [7, 11) is 0. The highest BCUT2D eigenvalue weighted by molar-refractivity contribution is 7.18. The molecule has 2 aromatic rings. The van der Waals surface area contributed by atoms with Gasteiger partial charge in [-0.05, 0) is 50.6 Å². The van der Waals surface area contributed by atoms with Crippen molar-refractivity contribution in [3.05, 3.63) is 28.2 Å². The van der Waals surface area contributed by atoms with Crippen LogP contribution in [0, 0.1) is 0 Å². The van der Waals surface area contributed by atoms with E-state index in [0.717, 1.165) is 55.9 Å². The second kappa shape index (κ2) is 8.28. The number of nitrogens with zero attached hydrogens (tertiary/aromatic N) is 2. The van der Waals surface area contributed by atoms with Crippen molar-refractivity contribution in [3.63, 3.8) is 0 Å².